The van der Waals surface area contributed by atoms with Crippen LogP contribution in [0.4, 0.5) is 11.4 Å². The molecule has 0 spiro atoms. The minimum absolute atomic E-state index is 0.184. The van der Waals surface area contributed by atoms with Gasteiger partial charge in [0.2, 0.25) is 5.91 Å². The summed E-state index contributed by atoms with van der Waals surface area (Å²) in [5.74, 6) is 0.646. The smallest absolute Gasteiger partial charge is 0.256 e. The third-order valence-electron chi connectivity index (χ3n) is 5.34. The Morgan fingerprint density at radius 3 is 2.32 bits per heavy atom. The van der Waals surface area contributed by atoms with E-state index in [0.717, 1.165) is 11.1 Å². The Bertz CT molecular complexity index is 1390. The van der Waals surface area contributed by atoms with Crippen LogP contribution < -0.4 is 25.7 Å². The zero-order valence-electron chi connectivity index (χ0n) is 18.8. The van der Waals surface area contributed by atoms with Gasteiger partial charge < -0.3 is 20.1 Å². The number of carbonyl (C=O) groups is 1. The van der Waals surface area contributed by atoms with Gasteiger partial charge >= 0.3 is 0 Å². The number of anilines is 2. The molecule has 0 unspecified atom stereocenters. The molecule has 2 N–H and O–H groups in total. The second-order valence-corrected chi connectivity index (χ2v) is 8.04. The first-order valence-corrected chi connectivity index (χ1v) is 11.0. The van der Waals surface area contributed by atoms with Crippen LogP contribution >= 0.6 is 11.6 Å². The second-order valence-electron chi connectivity index (χ2n) is 7.60. The molecule has 0 aliphatic rings. The zero-order chi connectivity index (χ0) is 24.1. The maximum Gasteiger partial charge on any atom is 0.256 e. The summed E-state index contributed by atoms with van der Waals surface area (Å²) in [6.45, 7) is 0.111. The number of ether oxygens (including phenoxy) is 2. The fourth-order valence-corrected chi connectivity index (χ4v) is 3.90. The molecule has 0 saturated heterocycles. The van der Waals surface area contributed by atoms with Crippen LogP contribution in [0.25, 0.3) is 10.9 Å². The van der Waals surface area contributed by atoms with E-state index >= 15 is 0 Å². The fraction of sp³-hybridized carbons (Fsp3) is 0.154. The minimum atomic E-state index is -0.353. The Balaban J connectivity index is 1.74. The fourth-order valence-electron chi connectivity index (χ4n) is 3.71. The molecule has 0 atom stereocenters. The molecule has 0 fully saturated rings. The van der Waals surface area contributed by atoms with Crippen LogP contribution in [0.3, 0.4) is 0 Å². The van der Waals surface area contributed by atoms with Gasteiger partial charge in [0.1, 0.15) is 6.54 Å². The lowest BCUT2D eigenvalue weighted by Crippen LogP contribution is -2.30. The van der Waals surface area contributed by atoms with Crippen molar-refractivity contribution < 1.29 is 14.3 Å². The number of halogens is 1. The van der Waals surface area contributed by atoms with Gasteiger partial charge in [0.05, 0.1) is 19.7 Å². The van der Waals surface area contributed by atoms with E-state index in [0.29, 0.717) is 39.8 Å². The topological polar surface area (TPSA) is 81.6 Å². The molecule has 7 nitrogen and oxygen atoms in total. The summed E-state index contributed by atoms with van der Waals surface area (Å²) < 4.78 is 12.3. The van der Waals surface area contributed by atoms with Crippen molar-refractivity contribution in [2.24, 2.45) is 0 Å². The van der Waals surface area contributed by atoms with Gasteiger partial charge in [-0.3, -0.25) is 14.2 Å². The highest BCUT2D eigenvalue weighted by Gasteiger charge is 2.16. The van der Waals surface area contributed by atoms with Gasteiger partial charge in [0, 0.05) is 40.0 Å². The van der Waals surface area contributed by atoms with E-state index in [1.807, 2.05) is 30.3 Å². The Labute approximate surface area is 201 Å². The molecule has 0 radical (unpaired) electrons. The number of fused-ring (bicyclic) bond motifs is 1. The van der Waals surface area contributed by atoms with Crippen LogP contribution in [0.15, 0.2) is 77.6 Å². The minimum Gasteiger partial charge on any atom is -0.493 e. The second kappa shape index (κ2) is 10.3. The monoisotopic (exact) mass is 477 g/mol. The Morgan fingerprint density at radius 1 is 0.912 bits per heavy atom. The number of nitrogens with one attached hydrogen (secondary N) is 2. The summed E-state index contributed by atoms with van der Waals surface area (Å²) in [5, 5.41) is 7.31. The predicted molar refractivity (Wildman–Crippen MR) is 135 cm³/mol. The lowest BCUT2D eigenvalue weighted by molar-refractivity contribution is -0.116. The van der Waals surface area contributed by atoms with Crippen molar-refractivity contribution in [3.8, 4) is 11.5 Å². The largest absolute Gasteiger partial charge is 0.493 e. The number of rotatable bonds is 8. The average molecular weight is 478 g/mol. The van der Waals surface area contributed by atoms with Crippen molar-refractivity contribution in [1.29, 1.82) is 0 Å². The molecular formula is C26H24ClN3O4. The standard InChI is InChI=1S/C26H24ClN3O4/c1-33-23-12-17-11-18(15-28-20-8-4-3-5-9-20)26(32)30(22(17)14-24(23)34-2)16-25(31)29-21-10-6-7-19(27)13-21/h3-14,28H,15-16H2,1-2H3,(H,29,31). The van der Waals surface area contributed by atoms with E-state index in [2.05, 4.69) is 10.6 Å². The molecule has 1 aromatic heterocycles. The molecule has 0 saturated carbocycles. The van der Waals surface area contributed by atoms with Crippen molar-refractivity contribution >= 4 is 39.8 Å². The maximum absolute atomic E-state index is 13.5. The molecule has 0 aliphatic carbocycles. The molecule has 4 rings (SSSR count). The number of carbonyl (C=O) groups excluding carboxylic acids is 1. The molecule has 174 valence electrons. The molecule has 3 aromatic carbocycles. The number of hydrogen-bond donors (Lipinski definition) is 2. The number of methoxy groups -OCH3 is 2. The van der Waals surface area contributed by atoms with Crippen molar-refractivity contribution in [3.63, 3.8) is 0 Å². The first kappa shape index (κ1) is 23.2. The highest BCUT2D eigenvalue weighted by atomic mass is 35.5. The van der Waals surface area contributed by atoms with Gasteiger partial charge in [-0.1, -0.05) is 35.9 Å². The quantitative estimate of drug-likeness (QED) is 0.376. The van der Waals surface area contributed by atoms with Gasteiger partial charge in [-0.2, -0.15) is 0 Å². The third kappa shape index (κ3) is 5.15. The van der Waals surface area contributed by atoms with E-state index in [-0.39, 0.29) is 18.0 Å². The summed E-state index contributed by atoms with van der Waals surface area (Å²) in [6, 6.07) is 21.8. The molecule has 34 heavy (non-hydrogen) atoms. The van der Waals surface area contributed by atoms with Crippen LogP contribution in [0.5, 0.6) is 11.5 Å². The number of nitrogens with zero attached hydrogens (tertiary/aromatic N) is 1. The van der Waals surface area contributed by atoms with Crippen molar-refractivity contribution in [2.45, 2.75) is 13.1 Å². The highest BCUT2D eigenvalue weighted by Crippen LogP contribution is 2.32. The Hall–Kier alpha value is -3.97. The first-order chi connectivity index (χ1) is 16.5. The van der Waals surface area contributed by atoms with E-state index in [1.165, 1.54) is 11.7 Å². The number of pyridine rings is 1. The van der Waals surface area contributed by atoms with E-state index in [4.69, 9.17) is 21.1 Å². The summed E-state index contributed by atoms with van der Waals surface area (Å²) in [6.07, 6.45) is 0. The molecule has 4 aromatic rings. The predicted octanol–water partition coefficient (Wildman–Crippen LogP) is 4.92. The molecule has 0 aliphatic heterocycles. The lowest BCUT2D eigenvalue weighted by atomic mass is 10.1. The van der Waals surface area contributed by atoms with Crippen molar-refractivity contribution in [3.05, 3.63) is 93.7 Å². The van der Waals surface area contributed by atoms with E-state index in [1.54, 1.807) is 49.6 Å². The van der Waals surface area contributed by atoms with Gasteiger partial charge in [-0.25, -0.2) is 0 Å². The molecule has 8 heteroatoms. The van der Waals surface area contributed by atoms with Crippen LogP contribution in [0.1, 0.15) is 5.56 Å². The van der Waals surface area contributed by atoms with Crippen molar-refractivity contribution in [2.75, 3.05) is 24.9 Å². The highest BCUT2D eigenvalue weighted by molar-refractivity contribution is 6.30. The number of hydrogen-bond acceptors (Lipinski definition) is 5. The van der Waals surface area contributed by atoms with Crippen molar-refractivity contribution in [1.82, 2.24) is 4.57 Å². The van der Waals surface area contributed by atoms with Crippen LogP contribution in [-0.2, 0) is 17.9 Å². The normalized spacial score (nSPS) is 10.7. The van der Waals surface area contributed by atoms with Crippen LogP contribution in [0, 0.1) is 0 Å². The maximum atomic E-state index is 13.5. The number of amides is 1. The molecule has 0 bridgehead atoms. The third-order valence-corrected chi connectivity index (χ3v) is 5.58. The number of para-hydroxylation sites is 1. The van der Waals surface area contributed by atoms with E-state index < -0.39 is 0 Å². The van der Waals surface area contributed by atoms with Gasteiger partial charge in [-0.15, -0.1) is 0 Å². The Morgan fingerprint density at radius 2 is 1.62 bits per heavy atom. The first-order valence-electron chi connectivity index (χ1n) is 10.6. The van der Waals surface area contributed by atoms with Crippen LogP contribution in [0.2, 0.25) is 5.02 Å². The van der Waals surface area contributed by atoms with E-state index in [9.17, 15) is 9.59 Å². The molecule has 1 amide bonds. The summed E-state index contributed by atoms with van der Waals surface area (Å²) in [7, 11) is 3.08. The number of benzene rings is 3. The zero-order valence-corrected chi connectivity index (χ0v) is 19.6. The van der Waals surface area contributed by atoms with Gasteiger partial charge in [0.15, 0.2) is 11.5 Å². The average Bonchev–Trinajstić information content (AvgIpc) is 2.84. The van der Waals surface area contributed by atoms with Crippen LogP contribution in [-0.4, -0.2) is 24.7 Å². The summed E-state index contributed by atoms with van der Waals surface area (Å²) in [4.78, 5) is 26.3. The lowest BCUT2D eigenvalue weighted by Gasteiger charge is -2.16. The van der Waals surface area contributed by atoms with Gasteiger partial charge in [-0.05, 0) is 42.5 Å². The van der Waals surface area contributed by atoms with Gasteiger partial charge in [0.25, 0.3) is 5.56 Å². The molecule has 1 heterocycles. The Kier molecular flexibility index (Phi) is 7.04. The molecular weight excluding hydrogens is 454 g/mol. The SMILES string of the molecule is COc1cc2cc(CNc3ccccc3)c(=O)n(CC(=O)Nc3cccc(Cl)c3)c2cc1OC. The summed E-state index contributed by atoms with van der Waals surface area (Å²) in [5.41, 5.74) is 2.24. The number of aromatic nitrogens is 1. The summed E-state index contributed by atoms with van der Waals surface area (Å²) >= 11 is 6.02.